The van der Waals surface area contributed by atoms with E-state index in [0.717, 1.165) is 17.0 Å². The number of carbonyl (C=O) groups is 2. The Kier molecular flexibility index (Phi) is 6.81. The molecule has 1 amide bonds. The molecule has 9 heteroatoms. The van der Waals surface area contributed by atoms with Gasteiger partial charge in [-0.1, -0.05) is 0 Å². The molecule has 156 valence electrons. The average molecular weight is 439 g/mol. The van der Waals surface area contributed by atoms with E-state index in [9.17, 15) is 22.4 Å². The standard InChI is InChI=1S/C20H23FN2O4S2/c1-15-3-9-19(28-15)18(24)8-10-20(25)22-11-2-12-23(14-13-22)29(26,27)17-6-4-16(21)5-7-17/h3-7,9H,2,8,10-14H2,1H3. The van der Waals surface area contributed by atoms with Crippen LogP contribution >= 0.6 is 11.3 Å². The number of ketones is 1. The molecule has 1 aliphatic rings. The van der Waals surface area contributed by atoms with Crippen LogP contribution in [0.3, 0.4) is 0 Å². The molecule has 2 aromatic rings. The van der Waals surface area contributed by atoms with E-state index >= 15 is 0 Å². The van der Waals surface area contributed by atoms with Gasteiger partial charge < -0.3 is 4.90 Å². The number of aryl methyl sites for hydroxylation is 1. The van der Waals surface area contributed by atoms with E-state index in [1.807, 2.05) is 13.0 Å². The fourth-order valence-electron chi connectivity index (χ4n) is 3.23. The summed E-state index contributed by atoms with van der Waals surface area (Å²) in [4.78, 5) is 28.1. The zero-order valence-electron chi connectivity index (χ0n) is 16.1. The van der Waals surface area contributed by atoms with Crippen molar-refractivity contribution in [1.29, 1.82) is 0 Å². The second-order valence-electron chi connectivity index (χ2n) is 6.93. The van der Waals surface area contributed by atoms with Crippen molar-refractivity contribution < 1.29 is 22.4 Å². The lowest BCUT2D eigenvalue weighted by atomic mass is 10.1. The fourth-order valence-corrected chi connectivity index (χ4v) is 5.53. The quantitative estimate of drug-likeness (QED) is 0.650. The van der Waals surface area contributed by atoms with Gasteiger partial charge in [0.25, 0.3) is 0 Å². The van der Waals surface area contributed by atoms with Gasteiger partial charge in [-0.3, -0.25) is 9.59 Å². The van der Waals surface area contributed by atoms with Gasteiger partial charge in [-0.05, 0) is 49.7 Å². The number of hydrogen-bond donors (Lipinski definition) is 0. The molecule has 0 atom stereocenters. The topological polar surface area (TPSA) is 74.8 Å². The largest absolute Gasteiger partial charge is 0.341 e. The number of benzene rings is 1. The third-order valence-corrected chi connectivity index (χ3v) is 7.79. The maximum absolute atomic E-state index is 13.1. The van der Waals surface area contributed by atoms with Gasteiger partial charge in [-0.15, -0.1) is 11.3 Å². The van der Waals surface area contributed by atoms with E-state index in [0.29, 0.717) is 17.8 Å². The Morgan fingerprint density at radius 3 is 2.38 bits per heavy atom. The van der Waals surface area contributed by atoms with Crippen LogP contribution in [0, 0.1) is 12.7 Å². The fraction of sp³-hybridized carbons (Fsp3) is 0.400. The minimum absolute atomic E-state index is 0.0375. The molecule has 0 aliphatic carbocycles. The summed E-state index contributed by atoms with van der Waals surface area (Å²) in [5.41, 5.74) is 0. The van der Waals surface area contributed by atoms with Crippen LogP contribution in [0.5, 0.6) is 0 Å². The number of halogens is 1. The van der Waals surface area contributed by atoms with E-state index in [4.69, 9.17) is 0 Å². The van der Waals surface area contributed by atoms with Gasteiger partial charge in [0.1, 0.15) is 5.82 Å². The van der Waals surface area contributed by atoms with Crippen LogP contribution in [-0.4, -0.2) is 55.5 Å². The lowest BCUT2D eigenvalue weighted by Gasteiger charge is -2.22. The van der Waals surface area contributed by atoms with Gasteiger partial charge >= 0.3 is 0 Å². The zero-order chi connectivity index (χ0) is 21.0. The highest BCUT2D eigenvalue weighted by Gasteiger charge is 2.28. The first kappa shape index (κ1) is 21.6. The lowest BCUT2D eigenvalue weighted by Crippen LogP contribution is -2.37. The highest BCUT2D eigenvalue weighted by atomic mass is 32.2. The highest BCUT2D eigenvalue weighted by molar-refractivity contribution is 7.89. The predicted molar refractivity (Wildman–Crippen MR) is 109 cm³/mol. The molecule has 0 N–H and O–H groups in total. The monoisotopic (exact) mass is 438 g/mol. The maximum atomic E-state index is 13.1. The summed E-state index contributed by atoms with van der Waals surface area (Å²) < 4.78 is 39.9. The Hall–Kier alpha value is -2.10. The summed E-state index contributed by atoms with van der Waals surface area (Å²) >= 11 is 1.42. The van der Waals surface area contributed by atoms with Crippen LogP contribution in [0.1, 0.15) is 33.8 Å². The number of carbonyl (C=O) groups excluding carboxylic acids is 2. The SMILES string of the molecule is Cc1ccc(C(=O)CCC(=O)N2CCCN(S(=O)(=O)c3ccc(F)cc3)CC2)s1. The van der Waals surface area contributed by atoms with Crippen LogP contribution in [0.15, 0.2) is 41.3 Å². The minimum Gasteiger partial charge on any atom is -0.341 e. The Labute approximate surface area is 174 Å². The molecule has 6 nitrogen and oxygen atoms in total. The van der Waals surface area contributed by atoms with Crippen LogP contribution < -0.4 is 0 Å². The van der Waals surface area contributed by atoms with Crippen molar-refractivity contribution in [2.24, 2.45) is 0 Å². The number of Topliss-reactive ketones (excluding diaryl/α,β-unsaturated/α-hetero) is 1. The van der Waals surface area contributed by atoms with Gasteiger partial charge in [0.2, 0.25) is 15.9 Å². The van der Waals surface area contributed by atoms with Crippen molar-refractivity contribution in [2.45, 2.75) is 31.1 Å². The molecule has 1 fully saturated rings. The van der Waals surface area contributed by atoms with Crippen molar-refractivity contribution in [1.82, 2.24) is 9.21 Å². The molecule has 29 heavy (non-hydrogen) atoms. The van der Waals surface area contributed by atoms with Crippen molar-refractivity contribution in [2.75, 3.05) is 26.2 Å². The Morgan fingerprint density at radius 2 is 1.72 bits per heavy atom. The summed E-state index contributed by atoms with van der Waals surface area (Å²) in [6.45, 7) is 3.10. The summed E-state index contributed by atoms with van der Waals surface area (Å²) in [7, 11) is -3.73. The second-order valence-corrected chi connectivity index (χ2v) is 10.2. The van der Waals surface area contributed by atoms with Crippen molar-refractivity contribution in [3.8, 4) is 0 Å². The molecular weight excluding hydrogens is 415 g/mol. The Bertz CT molecular complexity index is 986. The van der Waals surface area contributed by atoms with Gasteiger partial charge in [0.05, 0.1) is 9.77 Å². The molecule has 2 heterocycles. The van der Waals surface area contributed by atoms with E-state index < -0.39 is 15.8 Å². The summed E-state index contributed by atoms with van der Waals surface area (Å²) in [6.07, 6.45) is 0.762. The number of amides is 1. The summed E-state index contributed by atoms with van der Waals surface area (Å²) in [5, 5.41) is 0. The summed E-state index contributed by atoms with van der Waals surface area (Å²) in [6, 6.07) is 8.38. The first-order valence-electron chi connectivity index (χ1n) is 9.40. The average Bonchev–Trinajstić information content (AvgIpc) is 2.97. The van der Waals surface area contributed by atoms with Crippen LogP contribution in [0.4, 0.5) is 4.39 Å². The molecule has 3 rings (SSSR count). The molecular formula is C20H23FN2O4S2. The molecule has 1 aromatic heterocycles. The first-order valence-corrected chi connectivity index (χ1v) is 11.7. The number of nitrogens with zero attached hydrogens (tertiary/aromatic N) is 2. The van der Waals surface area contributed by atoms with Gasteiger partial charge in [0.15, 0.2) is 5.78 Å². The molecule has 1 aromatic carbocycles. The Balaban J connectivity index is 1.57. The minimum atomic E-state index is -3.73. The van der Waals surface area contributed by atoms with Gasteiger partial charge in [0, 0.05) is 43.9 Å². The molecule has 1 saturated heterocycles. The number of hydrogen-bond acceptors (Lipinski definition) is 5. The van der Waals surface area contributed by atoms with E-state index in [2.05, 4.69) is 0 Å². The Morgan fingerprint density at radius 1 is 1.00 bits per heavy atom. The molecule has 0 bridgehead atoms. The third-order valence-electron chi connectivity index (χ3n) is 4.84. The number of sulfonamides is 1. The van der Waals surface area contributed by atoms with Crippen LogP contribution in [0.25, 0.3) is 0 Å². The smallest absolute Gasteiger partial charge is 0.243 e. The van der Waals surface area contributed by atoms with Crippen molar-refractivity contribution in [3.63, 3.8) is 0 Å². The number of thiophene rings is 1. The van der Waals surface area contributed by atoms with E-state index in [1.54, 1.807) is 11.0 Å². The number of rotatable bonds is 6. The van der Waals surface area contributed by atoms with Gasteiger partial charge in [-0.25, -0.2) is 12.8 Å². The maximum Gasteiger partial charge on any atom is 0.243 e. The molecule has 0 saturated carbocycles. The van der Waals surface area contributed by atoms with Crippen molar-refractivity contribution in [3.05, 3.63) is 52.0 Å². The third kappa shape index (κ3) is 5.29. The van der Waals surface area contributed by atoms with E-state index in [1.165, 1.54) is 27.8 Å². The van der Waals surface area contributed by atoms with E-state index in [-0.39, 0.29) is 49.1 Å². The predicted octanol–water partition coefficient (Wildman–Crippen LogP) is 3.08. The van der Waals surface area contributed by atoms with Crippen molar-refractivity contribution >= 4 is 33.1 Å². The van der Waals surface area contributed by atoms with Crippen LogP contribution in [-0.2, 0) is 14.8 Å². The molecule has 1 aliphatic heterocycles. The summed E-state index contributed by atoms with van der Waals surface area (Å²) in [5.74, 6) is -0.691. The van der Waals surface area contributed by atoms with Crippen LogP contribution in [0.2, 0.25) is 0 Å². The highest BCUT2D eigenvalue weighted by Crippen LogP contribution is 2.20. The van der Waals surface area contributed by atoms with Gasteiger partial charge in [-0.2, -0.15) is 4.31 Å². The first-order chi connectivity index (χ1) is 13.8. The second kappa shape index (κ2) is 9.15. The molecule has 0 unspecified atom stereocenters. The zero-order valence-corrected chi connectivity index (χ0v) is 17.8. The molecule has 0 spiro atoms. The normalized spacial score (nSPS) is 15.9. The lowest BCUT2D eigenvalue weighted by molar-refractivity contribution is -0.131. The molecule has 0 radical (unpaired) electrons.